The summed E-state index contributed by atoms with van der Waals surface area (Å²) in [6.45, 7) is 12.6. The highest BCUT2D eigenvalue weighted by Gasteiger charge is 2.28. The molecular formula is C44H49N4+. The van der Waals surface area contributed by atoms with Crippen LogP contribution in [-0.2, 0) is 32.5 Å². The van der Waals surface area contributed by atoms with Gasteiger partial charge in [-0.2, -0.15) is 0 Å². The molecule has 0 radical (unpaired) electrons. The molecular weight excluding hydrogens is 585 g/mol. The summed E-state index contributed by atoms with van der Waals surface area (Å²) >= 11 is 0. The number of hydrogen-bond donors (Lipinski definition) is 0. The van der Waals surface area contributed by atoms with E-state index in [9.17, 15) is 0 Å². The lowest BCUT2D eigenvalue weighted by Crippen LogP contribution is -2.33. The lowest BCUT2D eigenvalue weighted by atomic mass is 10.0. The molecule has 0 unspecified atom stereocenters. The van der Waals surface area contributed by atoms with Gasteiger partial charge in [0.25, 0.3) is 0 Å². The van der Waals surface area contributed by atoms with Crippen molar-refractivity contribution in [3.8, 4) is 0 Å². The van der Waals surface area contributed by atoms with Crippen molar-refractivity contribution in [1.82, 2.24) is 4.98 Å². The second kappa shape index (κ2) is 17.1. The number of aryl methyl sites for hydroxylation is 3. The Labute approximate surface area is 288 Å². The number of aromatic nitrogens is 2. The zero-order valence-corrected chi connectivity index (χ0v) is 29.2. The molecule has 2 aromatic heterocycles. The van der Waals surface area contributed by atoms with Crippen LogP contribution in [0.5, 0.6) is 0 Å². The molecule has 0 saturated carbocycles. The van der Waals surface area contributed by atoms with Crippen LogP contribution in [0.1, 0.15) is 61.1 Å². The van der Waals surface area contributed by atoms with Crippen LogP contribution in [0.2, 0.25) is 0 Å². The number of fused-ring (bicyclic) bond motifs is 2. The van der Waals surface area contributed by atoms with Gasteiger partial charge in [-0.1, -0.05) is 106 Å². The summed E-state index contributed by atoms with van der Waals surface area (Å²) in [5, 5.41) is 0. The lowest BCUT2D eigenvalue weighted by molar-refractivity contribution is -0.688. The van der Waals surface area contributed by atoms with Crippen molar-refractivity contribution in [2.75, 3.05) is 9.80 Å². The molecule has 0 amide bonds. The summed E-state index contributed by atoms with van der Waals surface area (Å²) < 4.78 is 2.25. The maximum atomic E-state index is 4.11. The van der Waals surface area contributed by atoms with E-state index in [-0.39, 0.29) is 0 Å². The normalized spacial score (nSPS) is 11.4. The minimum Gasteiger partial charge on any atom is -0.334 e. The van der Waals surface area contributed by atoms with Crippen molar-refractivity contribution in [2.45, 2.75) is 67.1 Å². The predicted molar refractivity (Wildman–Crippen MR) is 202 cm³/mol. The zero-order valence-electron chi connectivity index (χ0n) is 29.2. The van der Waals surface area contributed by atoms with Crippen LogP contribution in [0.3, 0.4) is 0 Å². The fraction of sp³-hybridized carbons (Fsp3) is 0.227. The van der Waals surface area contributed by atoms with Gasteiger partial charge in [0.15, 0.2) is 18.9 Å². The second-order valence-electron chi connectivity index (χ2n) is 11.7. The third kappa shape index (κ3) is 8.38. The van der Waals surface area contributed by atoms with Crippen molar-refractivity contribution in [3.63, 3.8) is 0 Å². The van der Waals surface area contributed by atoms with E-state index in [1.807, 2.05) is 40.1 Å². The van der Waals surface area contributed by atoms with Gasteiger partial charge in [0.1, 0.15) is 0 Å². The van der Waals surface area contributed by atoms with E-state index in [0.717, 1.165) is 32.5 Å². The number of nitrogens with zero attached hydrogens (tertiary/aromatic N) is 4. The van der Waals surface area contributed by atoms with E-state index in [0.29, 0.717) is 0 Å². The Morgan fingerprint density at radius 2 is 0.854 bits per heavy atom. The maximum absolute atomic E-state index is 4.11. The molecule has 0 atom stereocenters. The molecule has 0 N–H and O–H groups in total. The maximum Gasteiger partial charge on any atom is 0.173 e. The van der Waals surface area contributed by atoms with E-state index in [1.165, 1.54) is 56.1 Å². The Morgan fingerprint density at radius 3 is 1.31 bits per heavy atom. The van der Waals surface area contributed by atoms with Crippen LogP contribution in [0.25, 0.3) is 0 Å². The fourth-order valence-corrected chi connectivity index (χ4v) is 6.06. The molecule has 0 fully saturated rings. The van der Waals surface area contributed by atoms with Crippen molar-refractivity contribution in [3.05, 3.63) is 179 Å². The van der Waals surface area contributed by atoms with E-state index < -0.39 is 0 Å². The van der Waals surface area contributed by atoms with Gasteiger partial charge >= 0.3 is 0 Å². The molecule has 6 aromatic rings. The van der Waals surface area contributed by atoms with Crippen molar-refractivity contribution in [1.29, 1.82) is 0 Å². The van der Waals surface area contributed by atoms with Gasteiger partial charge < -0.3 is 9.80 Å². The quantitative estimate of drug-likeness (QED) is 0.148. The average molecular weight is 634 g/mol. The summed E-state index contributed by atoms with van der Waals surface area (Å²) in [4.78, 5) is 9.03. The minimum absolute atomic E-state index is 0.812. The molecule has 0 aliphatic carbocycles. The van der Waals surface area contributed by atoms with Crippen LogP contribution >= 0.6 is 0 Å². The highest BCUT2D eigenvalue weighted by Crippen LogP contribution is 2.48. The first kappa shape index (κ1) is 34.1. The first-order valence-corrected chi connectivity index (χ1v) is 17.4. The Kier molecular flexibility index (Phi) is 12.1. The number of para-hydroxylation sites is 4. The first-order valence-electron chi connectivity index (χ1n) is 17.4. The average Bonchev–Trinajstić information content (AvgIpc) is 3.16. The van der Waals surface area contributed by atoms with Crippen LogP contribution < -0.4 is 14.4 Å². The Bertz CT molecular complexity index is 1780. The molecule has 3 heterocycles. The predicted octanol–water partition coefficient (Wildman–Crippen LogP) is 10.6. The van der Waals surface area contributed by atoms with Gasteiger partial charge in [-0.05, 0) is 78.4 Å². The van der Waals surface area contributed by atoms with Crippen molar-refractivity contribution in [2.24, 2.45) is 0 Å². The summed E-state index contributed by atoms with van der Waals surface area (Å²) in [7, 11) is 0. The fourth-order valence-electron chi connectivity index (χ4n) is 6.06. The summed E-state index contributed by atoms with van der Waals surface area (Å²) in [5.41, 5.74) is 12.8. The third-order valence-corrected chi connectivity index (χ3v) is 8.53. The van der Waals surface area contributed by atoms with Crippen LogP contribution in [0.4, 0.5) is 22.7 Å². The molecule has 7 rings (SSSR count). The summed E-state index contributed by atoms with van der Waals surface area (Å²) in [5.74, 6) is 0. The molecule has 4 nitrogen and oxygen atoms in total. The Morgan fingerprint density at radius 1 is 0.458 bits per heavy atom. The van der Waals surface area contributed by atoms with Gasteiger partial charge in [0.2, 0.25) is 0 Å². The van der Waals surface area contributed by atoms with Gasteiger partial charge in [0.05, 0.1) is 22.7 Å². The minimum atomic E-state index is 0.812. The van der Waals surface area contributed by atoms with Gasteiger partial charge in [-0.25, -0.2) is 4.57 Å². The molecule has 4 heteroatoms. The number of benzene rings is 4. The Balaban J connectivity index is 0.00000109. The van der Waals surface area contributed by atoms with Gasteiger partial charge in [0, 0.05) is 43.2 Å². The second-order valence-corrected chi connectivity index (χ2v) is 11.7. The van der Waals surface area contributed by atoms with E-state index in [4.69, 9.17) is 0 Å². The SMILES string of the molecule is CC.CC.Cc1ccc(CN2c3ccccc3N(Cc3ccc(C[n+]4ccc(CCc5ccncc5)cc4)cc3)c3ccccc32)cc1. The van der Waals surface area contributed by atoms with E-state index in [2.05, 4.69) is 160 Å². The van der Waals surface area contributed by atoms with Crippen LogP contribution in [0, 0.1) is 6.92 Å². The number of anilines is 4. The lowest BCUT2D eigenvalue weighted by Gasteiger charge is -2.40. The monoisotopic (exact) mass is 633 g/mol. The van der Waals surface area contributed by atoms with Crippen molar-refractivity contribution < 1.29 is 4.57 Å². The molecule has 0 spiro atoms. The molecule has 244 valence electrons. The van der Waals surface area contributed by atoms with Crippen LogP contribution in [0.15, 0.2) is 146 Å². The standard InChI is InChI=1S/C40H37N4.2C2H6/c1-31-10-12-35(13-11-31)29-43-37-6-2-4-8-39(37)44(40-9-5-3-7-38(40)43)30-36-18-16-34(17-19-36)28-42-26-22-33(23-27-42)15-14-32-20-24-41-25-21-32;2*1-2/h2-13,16-27H,14-15,28-30H2,1H3;2*1-2H3/q+1;;. The molecule has 48 heavy (non-hydrogen) atoms. The molecule has 1 aliphatic heterocycles. The van der Waals surface area contributed by atoms with Crippen molar-refractivity contribution >= 4 is 22.7 Å². The number of hydrogen-bond acceptors (Lipinski definition) is 3. The third-order valence-electron chi connectivity index (χ3n) is 8.53. The van der Waals surface area contributed by atoms with Gasteiger partial charge in [-0.3, -0.25) is 4.98 Å². The van der Waals surface area contributed by atoms with Crippen LogP contribution in [-0.4, -0.2) is 4.98 Å². The molecule has 4 aromatic carbocycles. The summed E-state index contributed by atoms with van der Waals surface area (Å²) in [6, 6.07) is 44.2. The highest BCUT2D eigenvalue weighted by atomic mass is 15.3. The highest BCUT2D eigenvalue weighted by molar-refractivity contribution is 5.93. The molecule has 0 bridgehead atoms. The topological polar surface area (TPSA) is 23.2 Å². The largest absolute Gasteiger partial charge is 0.334 e. The Hall–Kier alpha value is -5.22. The number of rotatable bonds is 9. The zero-order chi connectivity index (χ0) is 33.7. The van der Waals surface area contributed by atoms with E-state index >= 15 is 0 Å². The summed E-state index contributed by atoms with van der Waals surface area (Å²) in [6.07, 6.45) is 10.2. The molecule has 0 saturated heterocycles. The smallest absolute Gasteiger partial charge is 0.173 e. The first-order chi connectivity index (χ1) is 23.7. The van der Waals surface area contributed by atoms with Gasteiger partial charge in [-0.15, -0.1) is 0 Å². The molecule has 1 aliphatic rings. The van der Waals surface area contributed by atoms with E-state index in [1.54, 1.807) is 0 Å². The number of pyridine rings is 2.